The number of rotatable bonds is 0. The van der Waals surface area contributed by atoms with Gasteiger partial charge in [-0.3, -0.25) is 10.1 Å². The van der Waals surface area contributed by atoms with Crippen LogP contribution in [0, 0.1) is 0 Å². The first-order chi connectivity index (χ1) is 11.8. The number of benzene rings is 2. The Morgan fingerprint density at radius 2 is 1.46 bits per heavy atom. The minimum atomic E-state index is -0.917. The summed E-state index contributed by atoms with van der Waals surface area (Å²) in [6, 6.07) is 16.3. The zero-order valence-electron chi connectivity index (χ0n) is 13.5. The van der Waals surface area contributed by atoms with Crippen molar-refractivity contribution < 1.29 is 4.79 Å². The lowest BCUT2D eigenvalue weighted by molar-refractivity contribution is -0.122. The Bertz CT molecular complexity index is 819. The maximum atomic E-state index is 13.1. The van der Waals surface area contributed by atoms with Gasteiger partial charge < -0.3 is 4.90 Å². The van der Waals surface area contributed by atoms with Crippen molar-refractivity contribution in [2.75, 3.05) is 13.1 Å². The average molecular weight is 317 g/mol. The number of nitrogens with one attached hydrogen (secondary N) is 1. The Kier molecular flexibility index (Phi) is 2.84. The third kappa shape index (κ3) is 1.68. The number of likely N-dealkylation sites (tertiary alicyclic amines) is 1. The summed E-state index contributed by atoms with van der Waals surface area (Å²) >= 11 is 0. The highest BCUT2D eigenvalue weighted by Crippen LogP contribution is 2.51. The lowest BCUT2D eigenvalue weighted by Crippen LogP contribution is -2.44. The number of piperidine rings is 1. The monoisotopic (exact) mass is 317 g/mol. The number of carbonyl (C=O) groups excluding carboxylic acids is 1. The molecule has 2 aromatic rings. The van der Waals surface area contributed by atoms with Crippen LogP contribution in [0.25, 0.3) is 11.1 Å². The molecule has 0 aromatic heterocycles. The van der Waals surface area contributed by atoms with Gasteiger partial charge in [0.1, 0.15) is 0 Å². The van der Waals surface area contributed by atoms with Gasteiger partial charge in [-0.25, -0.2) is 4.99 Å². The van der Waals surface area contributed by atoms with Gasteiger partial charge in [-0.05, 0) is 30.4 Å². The second kappa shape index (κ2) is 4.94. The van der Waals surface area contributed by atoms with E-state index < -0.39 is 5.54 Å². The van der Waals surface area contributed by atoms with E-state index >= 15 is 0 Å². The zero-order chi connectivity index (χ0) is 16.1. The van der Waals surface area contributed by atoms with Crippen LogP contribution in [0.5, 0.6) is 0 Å². The summed E-state index contributed by atoms with van der Waals surface area (Å²) in [5.41, 5.74) is 3.31. The number of hydrogen-bond acceptors (Lipinski definition) is 3. The Labute approximate surface area is 141 Å². The van der Waals surface area contributed by atoms with Crippen molar-refractivity contribution in [3.8, 4) is 11.1 Å². The number of amides is 1. The molecule has 1 amide bonds. The largest absolute Gasteiger partial charge is 0.343 e. The maximum Gasteiger partial charge on any atom is 0.264 e. The Balaban J connectivity index is 1.72. The van der Waals surface area contributed by atoms with Crippen LogP contribution in [0.15, 0.2) is 53.5 Å². The Hall–Kier alpha value is -2.62. The summed E-state index contributed by atoms with van der Waals surface area (Å²) in [5, 5.41) is 3.08. The lowest BCUT2D eigenvalue weighted by Gasteiger charge is -2.27. The molecule has 3 aliphatic rings. The van der Waals surface area contributed by atoms with Gasteiger partial charge in [-0.1, -0.05) is 48.5 Å². The lowest BCUT2D eigenvalue weighted by atomic mass is 9.88. The highest BCUT2D eigenvalue weighted by Gasteiger charge is 2.53. The van der Waals surface area contributed by atoms with Crippen LogP contribution in [-0.2, 0) is 10.3 Å². The summed E-state index contributed by atoms with van der Waals surface area (Å²) < 4.78 is 0. The molecule has 0 bridgehead atoms. The van der Waals surface area contributed by atoms with Crippen molar-refractivity contribution in [1.29, 1.82) is 0 Å². The van der Waals surface area contributed by atoms with E-state index in [1.54, 1.807) is 0 Å². The number of carbonyl (C=O) groups is 1. The molecule has 0 radical (unpaired) electrons. The second-order valence-electron chi connectivity index (χ2n) is 6.74. The smallest absolute Gasteiger partial charge is 0.264 e. The van der Waals surface area contributed by atoms with Crippen LogP contribution in [0.3, 0.4) is 0 Å². The van der Waals surface area contributed by atoms with Gasteiger partial charge in [0.25, 0.3) is 5.91 Å². The summed E-state index contributed by atoms with van der Waals surface area (Å²) in [7, 11) is 0. The molecule has 1 fully saturated rings. The number of hydrogen-bond donors (Lipinski definition) is 1. The number of nitrogens with zero attached hydrogens (tertiary/aromatic N) is 2. The molecule has 120 valence electrons. The first-order valence-electron chi connectivity index (χ1n) is 8.66. The van der Waals surface area contributed by atoms with E-state index in [1.807, 2.05) is 36.4 Å². The molecule has 0 atom stereocenters. The van der Waals surface area contributed by atoms with Crippen molar-refractivity contribution in [2.45, 2.75) is 24.8 Å². The molecule has 1 N–H and O–H groups in total. The van der Waals surface area contributed by atoms with Crippen LogP contribution >= 0.6 is 0 Å². The molecule has 0 unspecified atom stereocenters. The highest BCUT2D eigenvalue weighted by atomic mass is 16.2. The fourth-order valence-corrected chi connectivity index (χ4v) is 4.26. The molecule has 1 aliphatic carbocycles. The molecule has 1 spiro atoms. The van der Waals surface area contributed by atoms with E-state index in [0.717, 1.165) is 54.1 Å². The van der Waals surface area contributed by atoms with Crippen molar-refractivity contribution in [3.05, 3.63) is 59.7 Å². The number of aliphatic imine (C=N–C) groups is 1. The minimum absolute atomic E-state index is 0.0273. The summed E-state index contributed by atoms with van der Waals surface area (Å²) in [4.78, 5) is 20.3. The highest BCUT2D eigenvalue weighted by molar-refractivity contribution is 6.12. The molecule has 4 nitrogen and oxygen atoms in total. The van der Waals surface area contributed by atoms with Gasteiger partial charge in [-0.2, -0.15) is 0 Å². The van der Waals surface area contributed by atoms with Gasteiger partial charge >= 0.3 is 0 Å². The summed E-state index contributed by atoms with van der Waals surface area (Å²) in [6.07, 6.45) is 3.58. The van der Waals surface area contributed by atoms with Gasteiger partial charge in [0, 0.05) is 24.2 Å². The van der Waals surface area contributed by atoms with Crippen molar-refractivity contribution in [1.82, 2.24) is 10.2 Å². The van der Waals surface area contributed by atoms with Gasteiger partial charge in [0.2, 0.25) is 5.96 Å². The van der Waals surface area contributed by atoms with E-state index in [0.29, 0.717) is 0 Å². The van der Waals surface area contributed by atoms with Crippen LogP contribution in [0.2, 0.25) is 0 Å². The van der Waals surface area contributed by atoms with E-state index in [4.69, 9.17) is 4.99 Å². The first-order valence-corrected chi connectivity index (χ1v) is 8.66. The van der Waals surface area contributed by atoms with Crippen molar-refractivity contribution in [2.24, 2.45) is 4.99 Å². The fourth-order valence-electron chi connectivity index (χ4n) is 4.26. The molecular weight excluding hydrogens is 298 g/mol. The predicted molar refractivity (Wildman–Crippen MR) is 93.7 cm³/mol. The number of guanidine groups is 1. The van der Waals surface area contributed by atoms with Crippen LogP contribution < -0.4 is 5.32 Å². The van der Waals surface area contributed by atoms with Crippen LogP contribution in [0.4, 0.5) is 0 Å². The van der Waals surface area contributed by atoms with Crippen molar-refractivity contribution in [3.63, 3.8) is 0 Å². The molecule has 5 rings (SSSR count). The second-order valence-corrected chi connectivity index (χ2v) is 6.74. The molecular formula is C20H19N3O. The molecule has 2 aromatic carbocycles. The molecule has 0 saturated carbocycles. The van der Waals surface area contributed by atoms with E-state index in [2.05, 4.69) is 22.3 Å². The van der Waals surface area contributed by atoms with Gasteiger partial charge in [-0.15, -0.1) is 0 Å². The van der Waals surface area contributed by atoms with Crippen molar-refractivity contribution >= 4 is 11.9 Å². The Morgan fingerprint density at radius 3 is 2.08 bits per heavy atom. The fraction of sp³-hybridized carbons (Fsp3) is 0.300. The van der Waals surface area contributed by atoms with E-state index in [-0.39, 0.29) is 5.91 Å². The third-order valence-corrected chi connectivity index (χ3v) is 5.41. The van der Waals surface area contributed by atoms with Gasteiger partial charge in [0.05, 0.1) is 0 Å². The van der Waals surface area contributed by atoms with Gasteiger partial charge in [0.15, 0.2) is 5.54 Å². The molecule has 24 heavy (non-hydrogen) atoms. The quantitative estimate of drug-likeness (QED) is 0.812. The zero-order valence-corrected chi connectivity index (χ0v) is 13.5. The van der Waals surface area contributed by atoms with Crippen LogP contribution in [0.1, 0.15) is 30.4 Å². The van der Waals surface area contributed by atoms with E-state index in [1.165, 1.54) is 6.42 Å². The average Bonchev–Trinajstić information content (AvgIpc) is 3.14. The normalized spacial score (nSPS) is 20.6. The van der Waals surface area contributed by atoms with E-state index in [9.17, 15) is 4.79 Å². The third-order valence-electron chi connectivity index (χ3n) is 5.41. The number of fused-ring (bicyclic) bond motifs is 5. The molecule has 1 saturated heterocycles. The summed E-state index contributed by atoms with van der Waals surface area (Å²) in [6.45, 7) is 1.94. The standard InChI is InChI=1S/C20H19N3O/c24-18-20(22-19(21-18)23-12-6-1-7-13-23)16-10-4-2-8-14(16)15-9-3-5-11-17(15)20/h2-5,8-11H,1,6-7,12-13H2,(H,21,22,24). The predicted octanol–water partition coefficient (Wildman–Crippen LogP) is 2.88. The Morgan fingerprint density at radius 1 is 0.875 bits per heavy atom. The SMILES string of the molecule is O=C1NC(N2CCCCC2)=NC12c1ccccc1-c1ccccc12. The van der Waals surface area contributed by atoms with Crippen LogP contribution in [-0.4, -0.2) is 29.9 Å². The molecule has 2 heterocycles. The maximum absolute atomic E-state index is 13.1. The summed E-state index contributed by atoms with van der Waals surface area (Å²) in [5.74, 6) is 0.715. The minimum Gasteiger partial charge on any atom is -0.343 e. The molecule has 4 heteroatoms. The first kappa shape index (κ1) is 13.8. The molecule has 2 aliphatic heterocycles. The topological polar surface area (TPSA) is 44.7 Å².